The van der Waals surface area contributed by atoms with Crippen LogP contribution in [0.1, 0.15) is 0 Å². The first-order valence-electron chi connectivity index (χ1n) is 5.05. The highest BCUT2D eigenvalue weighted by Gasteiger charge is 2.17. The molecule has 19 heavy (non-hydrogen) atoms. The molecule has 0 saturated carbocycles. The molecule has 5 nitrogen and oxygen atoms in total. The van der Waals surface area contributed by atoms with Gasteiger partial charge in [0.1, 0.15) is 5.69 Å². The Balaban J connectivity index is 2.41. The zero-order chi connectivity index (χ0) is 14.0. The summed E-state index contributed by atoms with van der Waals surface area (Å²) in [6.07, 6.45) is 2.48. The van der Waals surface area contributed by atoms with Crippen molar-refractivity contribution in [2.45, 2.75) is 4.90 Å². The van der Waals surface area contributed by atoms with Crippen LogP contribution < -0.4 is 10.2 Å². The second-order valence-electron chi connectivity index (χ2n) is 3.60. The predicted molar refractivity (Wildman–Crippen MR) is 64.2 cm³/mol. The van der Waals surface area contributed by atoms with Gasteiger partial charge >= 0.3 is 0 Å². The molecule has 0 aliphatic carbocycles. The second-order valence-corrected chi connectivity index (χ2v) is 5.29. The van der Waals surface area contributed by atoms with E-state index >= 15 is 0 Å². The number of hydrogen-bond acceptors (Lipinski definition) is 3. The van der Waals surface area contributed by atoms with E-state index in [4.69, 9.17) is 0 Å². The second kappa shape index (κ2) is 4.81. The van der Waals surface area contributed by atoms with Crippen LogP contribution in [0.2, 0.25) is 0 Å². The van der Waals surface area contributed by atoms with Crippen molar-refractivity contribution in [2.75, 3.05) is 4.72 Å². The molecule has 2 N–H and O–H groups in total. The fourth-order valence-electron chi connectivity index (χ4n) is 1.34. The minimum absolute atomic E-state index is 0.216. The van der Waals surface area contributed by atoms with Crippen LogP contribution in [0.15, 0.2) is 46.3 Å². The van der Waals surface area contributed by atoms with Gasteiger partial charge in [0.05, 0.1) is 4.90 Å². The summed E-state index contributed by atoms with van der Waals surface area (Å²) in [6.45, 7) is 0. The summed E-state index contributed by atoms with van der Waals surface area (Å²) in [4.78, 5) is 13.4. The Labute approximate surface area is 107 Å². The number of H-pyrrole nitrogens is 1. The summed E-state index contributed by atoms with van der Waals surface area (Å²) < 4.78 is 51.4. The molecule has 1 heterocycles. The van der Waals surface area contributed by atoms with Crippen LogP contribution in [-0.2, 0) is 10.0 Å². The average molecular weight is 286 g/mol. The first kappa shape index (κ1) is 13.2. The lowest BCUT2D eigenvalue weighted by molar-refractivity contribution is 0.504. The van der Waals surface area contributed by atoms with Crippen LogP contribution in [0.4, 0.5) is 14.5 Å². The molecule has 0 aliphatic rings. The van der Waals surface area contributed by atoms with Crippen LogP contribution in [0, 0.1) is 11.6 Å². The fourth-order valence-corrected chi connectivity index (χ4v) is 2.42. The van der Waals surface area contributed by atoms with Crippen LogP contribution in [0.5, 0.6) is 0 Å². The molecule has 0 saturated heterocycles. The molecule has 0 amide bonds. The van der Waals surface area contributed by atoms with Gasteiger partial charge in [-0.1, -0.05) is 0 Å². The minimum atomic E-state index is -4.15. The van der Waals surface area contributed by atoms with Crippen molar-refractivity contribution >= 4 is 15.7 Å². The Morgan fingerprint density at radius 1 is 1.11 bits per heavy atom. The average Bonchev–Trinajstić information content (AvgIpc) is 2.35. The van der Waals surface area contributed by atoms with E-state index < -0.39 is 32.0 Å². The number of aromatic nitrogens is 1. The first-order valence-corrected chi connectivity index (χ1v) is 6.53. The number of anilines is 1. The number of hydrogen-bond donors (Lipinski definition) is 2. The van der Waals surface area contributed by atoms with E-state index in [0.29, 0.717) is 12.1 Å². The maximum absolute atomic E-state index is 13.0. The lowest BCUT2D eigenvalue weighted by atomic mass is 10.3. The van der Waals surface area contributed by atoms with E-state index in [-0.39, 0.29) is 5.69 Å². The Bertz CT molecular complexity index is 772. The van der Waals surface area contributed by atoms with Crippen molar-refractivity contribution in [2.24, 2.45) is 0 Å². The number of halogens is 2. The molecule has 100 valence electrons. The smallest absolute Gasteiger partial charge is 0.262 e. The van der Waals surface area contributed by atoms with Gasteiger partial charge in [-0.3, -0.25) is 9.52 Å². The van der Waals surface area contributed by atoms with Gasteiger partial charge in [0.2, 0.25) is 5.43 Å². The maximum atomic E-state index is 13.0. The van der Waals surface area contributed by atoms with Gasteiger partial charge in [0.15, 0.2) is 11.6 Å². The summed E-state index contributed by atoms with van der Waals surface area (Å²) in [5.41, 5.74) is -0.767. The predicted octanol–water partition coefficient (Wildman–Crippen LogP) is 1.45. The van der Waals surface area contributed by atoms with Gasteiger partial charge in [-0.15, -0.1) is 0 Å². The van der Waals surface area contributed by atoms with Crippen molar-refractivity contribution in [1.29, 1.82) is 0 Å². The molecule has 8 heteroatoms. The van der Waals surface area contributed by atoms with Crippen molar-refractivity contribution in [3.63, 3.8) is 0 Å². The van der Waals surface area contributed by atoms with Crippen molar-refractivity contribution in [3.8, 4) is 0 Å². The summed E-state index contributed by atoms with van der Waals surface area (Å²) in [5.74, 6) is -2.44. The van der Waals surface area contributed by atoms with Crippen LogP contribution >= 0.6 is 0 Å². The SMILES string of the molecule is O=c1cc[nH]cc1NS(=O)(=O)c1ccc(F)c(F)c1. The summed E-state index contributed by atoms with van der Waals surface area (Å²) >= 11 is 0. The highest BCUT2D eigenvalue weighted by molar-refractivity contribution is 7.92. The van der Waals surface area contributed by atoms with E-state index in [9.17, 15) is 22.0 Å². The van der Waals surface area contributed by atoms with E-state index in [0.717, 1.165) is 18.3 Å². The van der Waals surface area contributed by atoms with E-state index in [1.165, 1.54) is 6.20 Å². The Morgan fingerprint density at radius 3 is 2.47 bits per heavy atom. The standard InChI is InChI=1S/C11H8F2N2O3S/c12-8-2-1-7(5-9(8)13)19(17,18)15-10-6-14-4-3-11(10)16/h1-6,15H,(H,14,16). The largest absolute Gasteiger partial charge is 0.366 e. The summed E-state index contributed by atoms with van der Waals surface area (Å²) in [5, 5.41) is 0. The van der Waals surface area contributed by atoms with Crippen molar-refractivity contribution in [1.82, 2.24) is 4.98 Å². The molecule has 1 aromatic carbocycles. The van der Waals surface area contributed by atoms with E-state index in [1.54, 1.807) is 0 Å². The Kier molecular flexibility index (Phi) is 3.34. The molecule has 2 aromatic rings. The maximum Gasteiger partial charge on any atom is 0.262 e. The molecular formula is C11H8F2N2O3S. The molecule has 0 unspecified atom stereocenters. The topological polar surface area (TPSA) is 79.0 Å². The van der Waals surface area contributed by atoms with Crippen LogP contribution in [0.25, 0.3) is 0 Å². The lowest BCUT2D eigenvalue weighted by Gasteiger charge is -2.07. The van der Waals surface area contributed by atoms with Gasteiger partial charge < -0.3 is 4.98 Å². The first-order chi connectivity index (χ1) is 8.90. The molecule has 1 aromatic heterocycles. The third-order valence-corrected chi connectivity index (χ3v) is 3.63. The third kappa shape index (κ3) is 2.79. The summed E-state index contributed by atoms with van der Waals surface area (Å²) in [6, 6.07) is 3.26. The number of aromatic amines is 1. The van der Waals surface area contributed by atoms with Crippen molar-refractivity contribution < 1.29 is 17.2 Å². The number of rotatable bonds is 3. The molecule has 0 fully saturated rings. The molecule has 2 rings (SSSR count). The fraction of sp³-hybridized carbons (Fsp3) is 0. The molecule has 0 aliphatic heterocycles. The number of benzene rings is 1. The summed E-state index contributed by atoms with van der Waals surface area (Å²) in [7, 11) is -4.15. The third-order valence-electron chi connectivity index (χ3n) is 2.27. The Morgan fingerprint density at radius 2 is 1.84 bits per heavy atom. The molecule has 0 spiro atoms. The normalized spacial score (nSPS) is 11.3. The highest BCUT2D eigenvalue weighted by atomic mass is 32.2. The van der Waals surface area contributed by atoms with Crippen LogP contribution in [-0.4, -0.2) is 13.4 Å². The quantitative estimate of drug-likeness (QED) is 0.896. The lowest BCUT2D eigenvalue weighted by Crippen LogP contribution is -2.18. The molecular weight excluding hydrogens is 278 g/mol. The molecule has 0 bridgehead atoms. The minimum Gasteiger partial charge on any atom is -0.366 e. The van der Waals surface area contributed by atoms with Gasteiger partial charge in [0, 0.05) is 18.5 Å². The monoisotopic (exact) mass is 286 g/mol. The number of pyridine rings is 1. The zero-order valence-electron chi connectivity index (χ0n) is 9.35. The molecule has 0 atom stereocenters. The van der Waals surface area contributed by atoms with Crippen LogP contribution in [0.3, 0.4) is 0 Å². The zero-order valence-corrected chi connectivity index (χ0v) is 10.2. The van der Waals surface area contributed by atoms with Gasteiger partial charge in [0.25, 0.3) is 10.0 Å². The van der Waals surface area contributed by atoms with Crippen molar-refractivity contribution in [3.05, 3.63) is 58.5 Å². The molecule has 0 radical (unpaired) electrons. The van der Waals surface area contributed by atoms with Gasteiger partial charge in [-0.05, 0) is 18.2 Å². The Hall–Kier alpha value is -2.22. The van der Waals surface area contributed by atoms with E-state index in [1.807, 2.05) is 4.72 Å². The highest BCUT2D eigenvalue weighted by Crippen LogP contribution is 2.16. The number of sulfonamides is 1. The van der Waals surface area contributed by atoms with Gasteiger partial charge in [-0.25, -0.2) is 17.2 Å². The van der Waals surface area contributed by atoms with Gasteiger partial charge in [-0.2, -0.15) is 0 Å². The number of nitrogens with one attached hydrogen (secondary N) is 2. The van der Waals surface area contributed by atoms with E-state index in [2.05, 4.69) is 4.98 Å².